The first-order valence-corrected chi connectivity index (χ1v) is 7.06. The van der Waals surface area contributed by atoms with Gasteiger partial charge in [-0.05, 0) is 25.5 Å². The number of nitro benzene ring substituents is 1. The SMILES string of the molecule is CN(CC1CCCCN1)C(=O)Nc1cccc([N+](=O)[O-])c1. The van der Waals surface area contributed by atoms with E-state index in [0.717, 1.165) is 13.0 Å². The Morgan fingerprint density at radius 1 is 1.52 bits per heavy atom. The molecular formula is C14H20N4O3. The molecule has 0 radical (unpaired) electrons. The van der Waals surface area contributed by atoms with E-state index in [9.17, 15) is 14.9 Å². The average molecular weight is 292 g/mol. The van der Waals surface area contributed by atoms with Gasteiger partial charge in [-0.25, -0.2) is 4.79 Å². The molecule has 2 N–H and O–H groups in total. The molecule has 0 saturated carbocycles. The number of carbonyl (C=O) groups is 1. The molecule has 2 amide bonds. The highest BCUT2D eigenvalue weighted by molar-refractivity contribution is 5.89. The van der Waals surface area contributed by atoms with Gasteiger partial charge in [-0.15, -0.1) is 0 Å². The van der Waals surface area contributed by atoms with Crippen LogP contribution in [-0.2, 0) is 0 Å². The number of rotatable bonds is 4. The van der Waals surface area contributed by atoms with E-state index in [4.69, 9.17) is 0 Å². The van der Waals surface area contributed by atoms with Crippen LogP contribution in [0.3, 0.4) is 0 Å². The first-order valence-electron chi connectivity index (χ1n) is 7.06. The normalized spacial score (nSPS) is 18.0. The average Bonchev–Trinajstić information content (AvgIpc) is 2.48. The Balaban J connectivity index is 1.90. The van der Waals surface area contributed by atoms with Gasteiger partial charge in [-0.3, -0.25) is 10.1 Å². The Kier molecular flexibility index (Phi) is 5.10. The maximum absolute atomic E-state index is 12.1. The molecule has 1 atom stereocenters. The Morgan fingerprint density at radius 2 is 2.33 bits per heavy atom. The van der Waals surface area contributed by atoms with Crippen LogP contribution in [-0.4, -0.2) is 42.0 Å². The van der Waals surface area contributed by atoms with Crippen molar-refractivity contribution in [1.29, 1.82) is 0 Å². The minimum atomic E-state index is -0.481. The van der Waals surface area contributed by atoms with Crippen LogP contribution in [0.5, 0.6) is 0 Å². The van der Waals surface area contributed by atoms with Gasteiger partial charge in [0, 0.05) is 37.5 Å². The molecule has 0 spiro atoms. The van der Waals surface area contributed by atoms with Gasteiger partial charge in [0.25, 0.3) is 5.69 Å². The van der Waals surface area contributed by atoms with Gasteiger partial charge in [0.05, 0.1) is 4.92 Å². The summed E-state index contributed by atoms with van der Waals surface area (Å²) in [4.78, 5) is 23.9. The lowest BCUT2D eigenvalue weighted by molar-refractivity contribution is -0.384. The number of piperidine rings is 1. The third-order valence-corrected chi connectivity index (χ3v) is 3.56. The zero-order chi connectivity index (χ0) is 15.2. The predicted molar refractivity (Wildman–Crippen MR) is 80.4 cm³/mol. The smallest absolute Gasteiger partial charge is 0.321 e. The molecule has 1 unspecified atom stereocenters. The summed E-state index contributed by atoms with van der Waals surface area (Å²) in [6.07, 6.45) is 3.42. The van der Waals surface area contributed by atoms with Gasteiger partial charge in [0.1, 0.15) is 0 Å². The van der Waals surface area contributed by atoms with Gasteiger partial charge < -0.3 is 15.5 Å². The summed E-state index contributed by atoms with van der Waals surface area (Å²) in [5.74, 6) is 0. The number of nitrogens with one attached hydrogen (secondary N) is 2. The first-order chi connectivity index (χ1) is 10.1. The number of nitro groups is 1. The van der Waals surface area contributed by atoms with Crippen molar-refractivity contribution in [2.24, 2.45) is 0 Å². The van der Waals surface area contributed by atoms with Crippen LogP contribution in [0.2, 0.25) is 0 Å². The number of anilines is 1. The van der Waals surface area contributed by atoms with E-state index in [-0.39, 0.29) is 11.7 Å². The highest BCUT2D eigenvalue weighted by Gasteiger charge is 2.18. The van der Waals surface area contributed by atoms with Crippen molar-refractivity contribution in [3.63, 3.8) is 0 Å². The molecule has 0 aliphatic carbocycles. The number of benzene rings is 1. The lowest BCUT2D eigenvalue weighted by atomic mass is 10.0. The van der Waals surface area contributed by atoms with Crippen molar-refractivity contribution >= 4 is 17.4 Å². The van der Waals surface area contributed by atoms with E-state index >= 15 is 0 Å². The summed E-state index contributed by atoms with van der Waals surface area (Å²) in [6.45, 7) is 1.62. The van der Waals surface area contributed by atoms with Crippen molar-refractivity contribution in [1.82, 2.24) is 10.2 Å². The van der Waals surface area contributed by atoms with Gasteiger partial charge in [-0.2, -0.15) is 0 Å². The zero-order valence-electron chi connectivity index (χ0n) is 12.0. The molecule has 0 bridgehead atoms. The minimum Gasteiger partial charge on any atom is -0.326 e. The van der Waals surface area contributed by atoms with Gasteiger partial charge in [-0.1, -0.05) is 12.5 Å². The molecule has 1 saturated heterocycles. The molecule has 1 heterocycles. The first kappa shape index (κ1) is 15.2. The zero-order valence-corrected chi connectivity index (χ0v) is 12.0. The van der Waals surface area contributed by atoms with Crippen LogP contribution in [0, 0.1) is 10.1 Å². The summed E-state index contributed by atoms with van der Waals surface area (Å²) in [6, 6.07) is 5.99. The van der Waals surface area contributed by atoms with Crippen LogP contribution in [0.4, 0.5) is 16.2 Å². The van der Waals surface area contributed by atoms with Gasteiger partial charge in [0.2, 0.25) is 0 Å². The molecule has 1 fully saturated rings. The number of amides is 2. The van der Waals surface area contributed by atoms with Gasteiger partial charge in [0.15, 0.2) is 0 Å². The summed E-state index contributed by atoms with van der Waals surface area (Å²) in [5, 5.41) is 16.8. The third-order valence-electron chi connectivity index (χ3n) is 3.56. The molecule has 7 heteroatoms. The number of hydrogen-bond acceptors (Lipinski definition) is 4. The van der Waals surface area contributed by atoms with Crippen LogP contribution in [0.1, 0.15) is 19.3 Å². The fourth-order valence-electron chi connectivity index (χ4n) is 2.41. The number of hydrogen-bond donors (Lipinski definition) is 2. The van der Waals surface area contributed by atoms with E-state index in [1.165, 1.54) is 25.0 Å². The molecule has 1 aromatic rings. The third kappa shape index (κ3) is 4.42. The van der Waals surface area contributed by atoms with Crippen molar-refractivity contribution in [3.8, 4) is 0 Å². The quantitative estimate of drug-likeness (QED) is 0.658. The second-order valence-corrected chi connectivity index (χ2v) is 5.26. The highest BCUT2D eigenvalue weighted by atomic mass is 16.6. The second-order valence-electron chi connectivity index (χ2n) is 5.26. The van der Waals surface area contributed by atoms with Crippen LogP contribution >= 0.6 is 0 Å². The molecular weight excluding hydrogens is 272 g/mol. The Bertz CT molecular complexity index is 515. The summed E-state index contributed by atoms with van der Waals surface area (Å²) >= 11 is 0. The lowest BCUT2D eigenvalue weighted by Gasteiger charge is -2.28. The van der Waals surface area contributed by atoms with E-state index in [0.29, 0.717) is 18.3 Å². The molecule has 21 heavy (non-hydrogen) atoms. The highest BCUT2D eigenvalue weighted by Crippen LogP contribution is 2.17. The Hall–Kier alpha value is -2.15. The molecule has 2 rings (SSSR count). The molecule has 1 aliphatic rings. The number of nitrogens with zero attached hydrogens (tertiary/aromatic N) is 2. The largest absolute Gasteiger partial charge is 0.326 e. The summed E-state index contributed by atoms with van der Waals surface area (Å²) < 4.78 is 0. The lowest BCUT2D eigenvalue weighted by Crippen LogP contribution is -2.45. The number of likely N-dealkylation sites (N-methyl/N-ethyl adjacent to an activating group) is 1. The summed E-state index contributed by atoms with van der Waals surface area (Å²) in [7, 11) is 1.73. The predicted octanol–water partition coefficient (Wildman–Crippen LogP) is 2.20. The summed E-state index contributed by atoms with van der Waals surface area (Å²) in [5.41, 5.74) is 0.391. The Labute approximate surface area is 123 Å². The topological polar surface area (TPSA) is 87.5 Å². The molecule has 1 aromatic carbocycles. The monoisotopic (exact) mass is 292 g/mol. The number of urea groups is 1. The molecule has 7 nitrogen and oxygen atoms in total. The number of carbonyl (C=O) groups excluding carboxylic acids is 1. The van der Waals surface area contributed by atoms with Crippen LogP contribution < -0.4 is 10.6 Å². The maximum atomic E-state index is 12.1. The van der Waals surface area contributed by atoms with Crippen molar-refractivity contribution in [2.75, 3.05) is 25.5 Å². The van der Waals surface area contributed by atoms with Crippen LogP contribution in [0.25, 0.3) is 0 Å². The molecule has 0 aromatic heterocycles. The van der Waals surface area contributed by atoms with Crippen molar-refractivity contribution < 1.29 is 9.72 Å². The van der Waals surface area contributed by atoms with E-state index in [1.54, 1.807) is 24.1 Å². The van der Waals surface area contributed by atoms with E-state index in [2.05, 4.69) is 10.6 Å². The van der Waals surface area contributed by atoms with Gasteiger partial charge >= 0.3 is 6.03 Å². The minimum absolute atomic E-state index is 0.0376. The molecule has 1 aliphatic heterocycles. The fourth-order valence-corrected chi connectivity index (χ4v) is 2.41. The Morgan fingerprint density at radius 3 is 3.00 bits per heavy atom. The molecule has 114 valence electrons. The van der Waals surface area contributed by atoms with E-state index < -0.39 is 4.92 Å². The standard InChI is InChI=1S/C14H20N4O3/c1-17(10-12-5-2-3-8-15-12)14(19)16-11-6-4-7-13(9-11)18(20)21/h4,6-7,9,12,15H,2-3,5,8,10H2,1H3,(H,16,19). The second kappa shape index (κ2) is 7.03. The van der Waals surface area contributed by atoms with Crippen LogP contribution in [0.15, 0.2) is 24.3 Å². The van der Waals surface area contributed by atoms with Crippen molar-refractivity contribution in [2.45, 2.75) is 25.3 Å². The van der Waals surface area contributed by atoms with E-state index in [1.807, 2.05) is 0 Å². The van der Waals surface area contributed by atoms with Crippen molar-refractivity contribution in [3.05, 3.63) is 34.4 Å². The fraction of sp³-hybridized carbons (Fsp3) is 0.500. The number of non-ortho nitro benzene ring substituents is 1. The maximum Gasteiger partial charge on any atom is 0.321 e.